The minimum Gasteiger partial charge on any atom is -0.500 e. The van der Waals surface area contributed by atoms with Gasteiger partial charge >= 0.3 is 17.6 Å². The Labute approximate surface area is 201 Å². The number of nitrogens with one attached hydrogen (secondary N) is 1. The normalized spacial score (nSPS) is 21.7. The molecule has 188 valence electrons. The second kappa shape index (κ2) is 10.2. The summed E-state index contributed by atoms with van der Waals surface area (Å²) in [5.74, 6) is -5.43. The summed E-state index contributed by atoms with van der Waals surface area (Å²) < 4.78 is 15.4. The van der Waals surface area contributed by atoms with Crippen LogP contribution in [0.25, 0.3) is 0 Å². The smallest absolute Gasteiger partial charge is 0.336 e. The number of esters is 2. The van der Waals surface area contributed by atoms with Gasteiger partial charge in [-0.3, -0.25) is 19.7 Å². The number of phenolic OH excluding ortho intramolecular Hbond substituents is 1. The number of aromatic hydroxyl groups is 1. The zero-order valence-corrected chi connectivity index (χ0v) is 20.2. The summed E-state index contributed by atoms with van der Waals surface area (Å²) in [6, 6.07) is 2.43. The molecule has 0 bridgehead atoms. The number of hydrogen-bond donors (Lipinski definition) is 2. The number of methoxy groups -OCH3 is 2. The lowest BCUT2D eigenvalue weighted by atomic mass is 9.69. The number of benzene rings is 1. The van der Waals surface area contributed by atoms with Crippen molar-refractivity contribution >= 4 is 23.4 Å². The molecule has 1 aromatic rings. The Balaban J connectivity index is 2.30. The predicted octanol–water partition coefficient (Wildman–Crippen LogP) is 2.88. The molecule has 3 rings (SSSR count). The van der Waals surface area contributed by atoms with Gasteiger partial charge in [-0.05, 0) is 37.3 Å². The first-order valence-corrected chi connectivity index (χ1v) is 11.1. The lowest BCUT2D eigenvalue weighted by molar-refractivity contribution is -0.386. The average molecular weight is 488 g/mol. The van der Waals surface area contributed by atoms with Gasteiger partial charge in [0.15, 0.2) is 11.5 Å². The van der Waals surface area contributed by atoms with Gasteiger partial charge in [-0.1, -0.05) is 13.8 Å². The highest BCUT2D eigenvalue weighted by molar-refractivity contribution is 6.12. The fourth-order valence-corrected chi connectivity index (χ4v) is 4.63. The SMILES string of the molecule is CCCOC(=O)C1=C(C)NC2=C(C(=O)[C@@H](C(=O)OC)[C@@H](C)C2)[C@@H]1c1cc(OC)c(O)c([N+](=O)[O-])c1. The van der Waals surface area contributed by atoms with Crippen LogP contribution >= 0.6 is 0 Å². The highest BCUT2D eigenvalue weighted by Gasteiger charge is 2.47. The molecular formula is C24H28N2O9. The quantitative estimate of drug-likeness (QED) is 0.253. The number of carbonyl (C=O) groups is 3. The molecule has 1 aromatic carbocycles. The largest absolute Gasteiger partial charge is 0.500 e. The predicted molar refractivity (Wildman–Crippen MR) is 122 cm³/mol. The van der Waals surface area contributed by atoms with Crippen LogP contribution in [-0.4, -0.2) is 48.6 Å². The van der Waals surface area contributed by atoms with Crippen LogP contribution in [0.5, 0.6) is 11.5 Å². The summed E-state index contributed by atoms with van der Waals surface area (Å²) in [7, 11) is 2.42. The molecule has 11 nitrogen and oxygen atoms in total. The lowest BCUT2D eigenvalue weighted by Gasteiger charge is -2.38. The number of ketones is 1. The van der Waals surface area contributed by atoms with E-state index < -0.39 is 45.9 Å². The first-order chi connectivity index (χ1) is 16.6. The van der Waals surface area contributed by atoms with Gasteiger partial charge < -0.3 is 24.6 Å². The number of allylic oxidation sites excluding steroid dienone is 3. The fraction of sp³-hybridized carbons (Fsp3) is 0.458. The number of hydrogen-bond acceptors (Lipinski definition) is 10. The summed E-state index contributed by atoms with van der Waals surface area (Å²) >= 11 is 0. The van der Waals surface area contributed by atoms with Crippen molar-refractivity contribution in [3.63, 3.8) is 0 Å². The number of ether oxygens (including phenoxy) is 3. The number of carbonyl (C=O) groups excluding carboxylic acids is 3. The molecule has 1 aliphatic heterocycles. The van der Waals surface area contributed by atoms with Crippen LogP contribution in [0, 0.1) is 22.0 Å². The Morgan fingerprint density at radius 3 is 2.54 bits per heavy atom. The highest BCUT2D eigenvalue weighted by Crippen LogP contribution is 2.48. The van der Waals surface area contributed by atoms with E-state index >= 15 is 0 Å². The van der Waals surface area contributed by atoms with Gasteiger partial charge in [0.1, 0.15) is 5.92 Å². The highest BCUT2D eigenvalue weighted by atomic mass is 16.6. The molecule has 0 spiro atoms. The van der Waals surface area contributed by atoms with Gasteiger partial charge in [-0.15, -0.1) is 0 Å². The van der Waals surface area contributed by atoms with Crippen molar-refractivity contribution in [3.05, 3.63) is 50.4 Å². The molecule has 2 N–H and O–H groups in total. The van der Waals surface area contributed by atoms with E-state index in [-0.39, 0.29) is 35.0 Å². The minimum atomic E-state index is -1.11. The van der Waals surface area contributed by atoms with Crippen molar-refractivity contribution in [3.8, 4) is 11.5 Å². The molecule has 0 radical (unpaired) electrons. The first-order valence-electron chi connectivity index (χ1n) is 11.1. The van der Waals surface area contributed by atoms with Crippen molar-refractivity contribution in [2.75, 3.05) is 20.8 Å². The number of nitrogens with zero attached hydrogens (tertiary/aromatic N) is 1. The molecule has 11 heteroatoms. The fourth-order valence-electron chi connectivity index (χ4n) is 4.63. The van der Waals surface area contributed by atoms with Crippen LogP contribution in [0.1, 0.15) is 45.1 Å². The average Bonchev–Trinajstić information content (AvgIpc) is 2.81. The van der Waals surface area contributed by atoms with E-state index in [9.17, 15) is 29.6 Å². The molecule has 0 aromatic heterocycles. The maximum Gasteiger partial charge on any atom is 0.336 e. The van der Waals surface area contributed by atoms with E-state index in [0.29, 0.717) is 24.2 Å². The third-order valence-corrected chi connectivity index (χ3v) is 6.23. The van der Waals surface area contributed by atoms with Crippen molar-refractivity contribution in [1.29, 1.82) is 0 Å². The molecule has 1 heterocycles. The zero-order valence-electron chi connectivity index (χ0n) is 20.2. The van der Waals surface area contributed by atoms with Gasteiger partial charge in [-0.2, -0.15) is 0 Å². The van der Waals surface area contributed by atoms with E-state index in [4.69, 9.17) is 14.2 Å². The van der Waals surface area contributed by atoms with Crippen molar-refractivity contribution in [2.45, 2.75) is 39.5 Å². The van der Waals surface area contributed by atoms with Gasteiger partial charge in [0.2, 0.25) is 5.75 Å². The minimum absolute atomic E-state index is 0.0748. The third kappa shape index (κ3) is 4.58. The van der Waals surface area contributed by atoms with E-state index in [1.165, 1.54) is 20.3 Å². The summed E-state index contributed by atoms with van der Waals surface area (Å²) in [6.07, 6.45) is 0.868. The molecule has 35 heavy (non-hydrogen) atoms. The van der Waals surface area contributed by atoms with Crippen molar-refractivity contribution in [1.82, 2.24) is 5.32 Å². The lowest BCUT2D eigenvalue weighted by Crippen LogP contribution is -2.43. The van der Waals surface area contributed by atoms with Crippen molar-refractivity contribution < 1.29 is 38.6 Å². The van der Waals surface area contributed by atoms with Crippen LogP contribution in [-0.2, 0) is 23.9 Å². The van der Waals surface area contributed by atoms with E-state index in [0.717, 1.165) is 6.07 Å². The van der Waals surface area contributed by atoms with E-state index in [1.807, 2.05) is 6.92 Å². The molecule has 0 saturated carbocycles. The molecule has 0 fully saturated rings. The summed E-state index contributed by atoms with van der Waals surface area (Å²) in [5.41, 5.74) is 0.628. The molecule has 0 unspecified atom stereocenters. The number of nitro groups is 1. The molecular weight excluding hydrogens is 460 g/mol. The summed E-state index contributed by atoms with van der Waals surface area (Å²) in [6.45, 7) is 5.35. The second-order valence-corrected chi connectivity index (χ2v) is 8.52. The number of rotatable bonds is 7. The van der Waals surface area contributed by atoms with Gasteiger partial charge in [-0.25, -0.2) is 4.79 Å². The van der Waals surface area contributed by atoms with Gasteiger partial charge in [0.05, 0.1) is 31.3 Å². The van der Waals surface area contributed by atoms with Crippen LogP contribution in [0.4, 0.5) is 5.69 Å². The second-order valence-electron chi connectivity index (χ2n) is 8.52. The maximum atomic E-state index is 13.7. The Hall–Kier alpha value is -3.89. The molecule has 2 aliphatic rings. The standard InChI is InChI=1S/C24H28N2O9/c1-6-7-35-24(30)18-12(3)25-14-8-11(2)17(23(29)34-5)22(28)20(14)19(18)13-9-15(26(31)32)21(27)16(10-13)33-4/h9-11,17,19,25,27H,6-8H2,1-5H3/t11-,17-,19+/m0/s1. The first kappa shape index (κ1) is 25.7. The monoisotopic (exact) mass is 488 g/mol. The number of nitro benzene ring substituents is 1. The molecule has 1 aliphatic carbocycles. The number of phenols is 1. The Morgan fingerprint density at radius 2 is 1.97 bits per heavy atom. The van der Waals surface area contributed by atoms with E-state index in [2.05, 4.69) is 5.32 Å². The number of Topliss-reactive ketones (excluding diaryl/α,β-unsaturated/α-hetero) is 1. The van der Waals surface area contributed by atoms with Gasteiger partial charge in [0, 0.05) is 29.0 Å². The van der Waals surface area contributed by atoms with Crippen LogP contribution in [0.2, 0.25) is 0 Å². The van der Waals surface area contributed by atoms with Crippen LogP contribution < -0.4 is 10.1 Å². The van der Waals surface area contributed by atoms with Gasteiger partial charge in [0.25, 0.3) is 0 Å². The van der Waals surface area contributed by atoms with Crippen molar-refractivity contribution in [2.24, 2.45) is 11.8 Å². The topological polar surface area (TPSA) is 154 Å². The summed E-state index contributed by atoms with van der Waals surface area (Å²) in [4.78, 5) is 50.2. The Bertz CT molecular complexity index is 1150. The zero-order chi connectivity index (χ0) is 26.0. The Kier molecular flexibility index (Phi) is 7.47. The van der Waals surface area contributed by atoms with Crippen LogP contribution in [0.15, 0.2) is 34.7 Å². The Morgan fingerprint density at radius 1 is 1.29 bits per heavy atom. The molecule has 0 amide bonds. The molecule has 0 saturated heterocycles. The third-order valence-electron chi connectivity index (χ3n) is 6.23. The van der Waals surface area contributed by atoms with E-state index in [1.54, 1.807) is 13.8 Å². The molecule has 3 atom stereocenters. The maximum absolute atomic E-state index is 13.7. The summed E-state index contributed by atoms with van der Waals surface area (Å²) in [5, 5.41) is 25.0. The van der Waals surface area contributed by atoms with Crippen LogP contribution in [0.3, 0.4) is 0 Å². The number of dihydropyridines is 1.